The van der Waals surface area contributed by atoms with Crippen molar-refractivity contribution < 1.29 is 4.74 Å². The van der Waals surface area contributed by atoms with Crippen LogP contribution < -0.4 is 10.1 Å². The predicted octanol–water partition coefficient (Wildman–Crippen LogP) is 3.84. The van der Waals surface area contributed by atoms with E-state index < -0.39 is 0 Å². The van der Waals surface area contributed by atoms with Gasteiger partial charge >= 0.3 is 0 Å². The summed E-state index contributed by atoms with van der Waals surface area (Å²) in [5.41, 5.74) is 1.85. The highest BCUT2D eigenvalue weighted by Gasteiger charge is 2.07. The van der Waals surface area contributed by atoms with Crippen LogP contribution in [0.5, 0.6) is 5.75 Å². The van der Waals surface area contributed by atoms with Crippen molar-refractivity contribution in [3.63, 3.8) is 0 Å². The first-order chi connectivity index (χ1) is 8.58. The standard InChI is InChI=1S/C12H11Cl2N3O/c1-7-3-4-9(18-2)8(5-7)15-12-16-10(13)6-11(14)17-12/h3-6H,1-2H3,(H,15,16,17). The van der Waals surface area contributed by atoms with Gasteiger partial charge in [-0.1, -0.05) is 29.3 Å². The first kappa shape index (κ1) is 12.9. The zero-order valence-electron chi connectivity index (χ0n) is 9.87. The van der Waals surface area contributed by atoms with Gasteiger partial charge in [0.05, 0.1) is 12.8 Å². The summed E-state index contributed by atoms with van der Waals surface area (Å²) in [6, 6.07) is 7.22. The minimum Gasteiger partial charge on any atom is -0.495 e. The number of methoxy groups -OCH3 is 1. The number of ether oxygens (including phenoxy) is 1. The summed E-state index contributed by atoms with van der Waals surface area (Å²) in [5.74, 6) is 1.02. The summed E-state index contributed by atoms with van der Waals surface area (Å²) in [5, 5.41) is 3.59. The SMILES string of the molecule is COc1ccc(C)cc1Nc1nc(Cl)cc(Cl)n1. The molecule has 1 heterocycles. The summed E-state index contributed by atoms with van der Waals surface area (Å²) < 4.78 is 5.25. The van der Waals surface area contributed by atoms with Crippen LogP contribution in [0.25, 0.3) is 0 Å². The highest BCUT2D eigenvalue weighted by atomic mass is 35.5. The molecule has 1 aromatic heterocycles. The Morgan fingerprint density at radius 2 is 1.78 bits per heavy atom. The number of anilines is 2. The largest absolute Gasteiger partial charge is 0.495 e. The Morgan fingerprint density at radius 3 is 2.39 bits per heavy atom. The zero-order chi connectivity index (χ0) is 13.1. The highest BCUT2D eigenvalue weighted by Crippen LogP contribution is 2.28. The minimum absolute atomic E-state index is 0.282. The van der Waals surface area contributed by atoms with E-state index in [1.807, 2.05) is 25.1 Å². The number of hydrogen-bond acceptors (Lipinski definition) is 4. The second-order valence-electron chi connectivity index (χ2n) is 3.67. The van der Waals surface area contributed by atoms with Gasteiger partial charge in [-0.2, -0.15) is 0 Å². The molecule has 0 radical (unpaired) electrons. The molecule has 0 unspecified atom stereocenters. The number of benzene rings is 1. The summed E-state index contributed by atoms with van der Waals surface area (Å²) in [4.78, 5) is 8.08. The molecule has 0 amide bonds. The van der Waals surface area contributed by atoms with Gasteiger partial charge in [-0.25, -0.2) is 9.97 Å². The van der Waals surface area contributed by atoms with Crippen LogP contribution in [-0.2, 0) is 0 Å². The first-order valence-corrected chi connectivity index (χ1v) is 5.96. The van der Waals surface area contributed by atoms with E-state index in [4.69, 9.17) is 27.9 Å². The highest BCUT2D eigenvalue weighted by molar-refractivity contribution is 6.33. The molecular weight excluding hydrogens is 273 g/mol. The maximum Gasteiger partial charge on any atom is 0.230 e. The lowest BCUT2D eigenvalue weighted by Gasteiger charge is -2.11. The third kappa shape index (κ3) is 3.03. The number of nitrogens with one attached hydrogen (secondary N) is 1. The van der Waals surface area contributed by atoms with Gasteiger partial charge in [0.25, 0.3) is 0 Å². The molecule has 0 aliphatic carbocycles. The zero-order valence-corrected chi connectivity index (χ0v) is 11.4. The Kier molecular flexibility index (Phi) is 3.89. The lowest BCUT2D eigenvalue weighted by molar-refractivity contribution is 0.416. The van der Waals surface area contributed by atoms with Gasteiger partial charge in [0.2, 0.25) is 5.95 Å². The Hall–Kier alpha value is -1.52. The minimum atomic E-state index is 0.282. The molecule has 0 fully saturated rings. The molecular formula is C12H11Cl2N3O. The lowest BCUT2D eigenvalue weighted by atomic mass is 10.2. The molecule has 6 heteroatoms. The maximum absolute atomic E-state index is 5.81. The van der Waals surface area contributed by atoms with Crippen molar-refractivity contribution in [3.8, 4) is 5.75 Å². The van der Waals surface area contributed by atoms with E-state index >= 15 is 0 Å². The molecule has 0 atom stereocenters. The van der Waals surface area contributed by atoms with Gasteiger partial charge < -0.3 is 10.1 Å². The molecule has 0 aliphatic rings. The van der Waals surface area contributed by atoms with Crippen LogP contribution >= 0.6 is 23.2 Å². The monoisotopic (exact) mass is 283 g/mol. The number of hydrogen-bond donors (Lipinski definition) is 1. The topological polar surface area (TPSA) is 47.0 Å². The van der Waals surface area contributed by atoms with Crippen molar-refractivity contribution in [2.75, 3.05) is 12.4 Å². The van der Waals surface area contributed by atoms with E-state index in [0.29, 0.717) is 11.7 Å². The molecule has 0 saturated carbocycles. The number of aromatic nitrogens is 2. The normalized spacial score (nSPS) is 10.2. The fourth-order valence-corrected chi connectivity index (χ4v) is 1.91. The third-order valence-corrected chi connectivity index (χ3v) is 2.65. The van der Waals surface area contributed by atoms with E-state index in [2.05, 4.69) is 15.3 Å². The van der Waals surface area contributed by atoms with Crippen LogP contribution in [0, 0.1) is 6.92 Å². The average molecular weight is 284 g/mol. The summed E-state index contributed by atoms with van der Waals surface area (Å²) >= 11 is 11.6. The molecule has 0 aliphatic heterocycles. The lowest BCUT2D eigenvalue weighted by Crippen LogP contribution is -2.00. The molecule has 0 saturated heterocycles. The van der Waals surface area contributed by atoms with Crippen molar-refractivity contribution >= 4 is 34.8 Å². The van der Waals surface area contributed by atoms with E-state index in [1.165, 1.54) is 6.07 Å². The fraction of sp³-hybridized carbons (Fsp3) is 0.167. The quantitative estimate of drug-likeness (QED) is 0.870. The van der Waals surface area contributed by atoms with Crippen molar-refractivity contribution in [3.05, 3.63) is 40.1 Å². The fourth-order valence-electron chi connectivity index (χ4n) is 1.49. The molecule has 1 aromatic carbocycles. The Bertz CT molecular complexity index is 555. The first-order valence-electron chi connectivity index (χ1n) is 5.20. The van der Waals surface area contributed by atoms with Gasteiger partial charge in [0, 0.05) is 6.07 Å². The molecule has 0 spiro atoms. The second kappa shape index (κ2) is 5.42. The second-order valence-corrected chi connectivity index (χ2v) is 4.44. The van der Waals surface area contributed by atoms with Gasteiger partial charge in [-0.15, -0.1) is 0 Å². The predicted molar refractivity (Wildman–Crippen MR) is 73.1 cm³/mol. The molecule has 2 aromatic rings. The Labute approximate surface area is 115 Å². The molecule has 1 N–H and O–H groups in total. The summed E-state index contributed by atoms with van der Waals surface area (Å²) in [6.07, 6.45) is 0. The van der Waals surface area contributed by atoms with Crippen LogP contribution in [0.4, 0.5) is 11.6 Å². The maximum atomic E-state index is 5.81. The average Bonchev–Trinajstić information content (AvgIpc) is 2.27. The van der Waals surface area contributed by atoms with Gasteiger partial charge in [0.1, 0.15) is 16.1 Å². The number of nitrogens with zero attached hydrogens (tertiary/aromatic N) is 2. The van der Waals surface area contributed by atoms with E-state index in [-0.39, 0.29) is 10.3 Å². The van der Waals surface area contributed by atoms with Crippen LogP contribution in [0.15, 0.2) is 24.3 Å². The summed E-state index contributed by atoms with van der Waals surface area (Å²) in [7, 11) is 1.60. The van der Waals surface area contributed by atoms with Gasteiger partial charge in [-0.05, 0) is 24.6 Å². The van der Waals surface area contributed by atoms with Gasteiger partial charge in [0.15, 0.2) is 0 Å². The van der Waals surface area contributed by atoms with E-state index in [0.717, 1.165) is 11.3 Å². The number of rotatable bonds is 3. The third-order valence-electron chi connectivity index (χ3n) is 2.27. The van der Waals surface area contributed by atoms with Crippen molar-refractivity contribution in [2.45, 2.75) is 6.92 Å². The molecule has 0 bridgehead atoms. The molecule has 2 rings (SSSR count). The van der Waals surface area contributed by atoms with Gasteiger partial charge in [-0.3, -0.25) is 0 Å². The van der Waals surface area contributed by atoms with Crippen molar-refractivity contribution in [1.82, 2.24) is 9.97 Å². The summed E-state index contributed by atoms with van der Waals surface area (Å²) in [6.45, 7) is 1.98. The molecule has 4 nitrogen and oxygen atoms in total. The van der Waals surface area contributed by atoms with E-state index in [1.54, 1.807) is 7.11 Å². The number of aryl methyl sites for hydroxylation is 1. The van der Waals surface area contributed by atoms with Crippen molar-refractivity contribution in [1.29, 1.82) is 0 Å². The Balaban J connectivity index is 2.35. The van der Waals surface area contributed by atoms with E-state index in [9.17, 15) is 0 Å². The smallest absolute Gasteiger partial charge is 0.230 e. The Morgan fingerprint density at radius 1 is 1.11 bits per heavy atom. The van der Waals surface area contributed by atoms with Crippen molar-refractivity contribution in [2.24, 2.45) is 0 Å². The molecule has 94 valence electrons. The van der Waals surface area contributed by atoms with Crippen LogP contribution in [0.3, 0.4) is 0 Å². The van der Waals surface area contributed by atoms with Crippen LogP contribution in [-0.4, -0.2) is 17.1 Å². The number of halogens is 2. The molecule has 18 heavy (non-hydrogen) atoms. The van der Waals surface area contributed by atoms with Crippen LogP contribution in [0.2, 0.25) is 10.3 Å². The van der Waals surface area contributed by atoms with Crippen LogP contribution in [0.1, 0.15) is 5.56 Å².